The molecule has 0 aliphatic carbocycles. The number of nitrogens with one attached hydrogen (secondary N) is 2. The van der Waals surface area contributed by atoms with Crippen LogP contribution in [-0.4, -0.2) is 32.1 Å². The van der Waals surface area contributed by atoms with Crippen LogP contribution in [0.5, 0.6) is 5.75 Å². The molecule has 1 aliphatic heterocycles. The minimum absolute atomic E-state index is 0.0462. The summed E-state index contributed by atoms with van der Waals surface area (Å²) in [7, 11) is 1.64. The van der Waals surface area contributed by atoms with E-state index in [-0.39, 0.29) is 12.0 Å². The lowest BCUT2D eigenvalue weighted by Gasteiger charge is -2.11. The smallest absolute Gasteiger partial charge is 0.221 e. The Balaban J connectivity index is 1.73. The van der Waals surface area contributed by atoms with Crippen molar-refractivity contribution < 1.29 is 9.53 Å². The van der Waals surface area contributed by atoms with Crippen LogP contribution >= 0.6 is 11.6 Å². The van der Waals surface area contributed by atoms with Gasteiger partial charge in [-0.2, -0.15) is 0 Å². The molecule has 5 heteroatoms. The van der Waals surface area contributed by atoms with Gasteiger partial charge in [-0.25, -0.2) is 0 Å². The van der Waals surface area contributed by atoms with E-state index in [4.69, 9.17) is 16.3 Å². The van der Waals surface area contributed by atoms with Crippen LogP contribution in [0.1, 0.15) is 12.0 Å². The average Bonchev–Trinajstić information content (AvgIpc) is 2.76. The van der Waals surface area contributed by atoms with Crippen molar-refractivity contribution in [2.45, 2.75) is 18.9 Å². The molecule has 2 rings (SSSR count). The first-order chi connectivity index (χ1) is 8.69. The summed E-state index contributed by atoms with van der Waals surface area (Å²) in [5, 5.41) is 6.55. The van der Waals surface area contributed by atoms with E-state index in [0.29, 0.717) is 13.0 Å². The first-order valence-corrected chi connectivity index (χ1v) is 6.43. The number of fused-ring (bicyclic) bond motifs is 1. The Labute approximate surface area is 112 Å². The summed E-state index contributed by atoms with van der Waals surface area (Å²) in [6.07, 6.45) is 1.48. The number of carbonyl (C=O) groups excluding carboxylic acids is 1. The molecule has 1 aromatic rings. The Morgan fingerprint density at radius 1 is 1.56 bits per heavy atom. The minimum Gasteiger partial charge on any atom is -0.488 e. The van der Waals surface area contributed by atoms with E-state index in [2.05, 4.69) is 10.6 Å². The number of rotatable bonds is 5. The van der Waals surface area contributed by atoms with Crippen LogP contribution in [0.3, 0.4) is 0 Å². The number of carbonyl (C=O) groups is 1. The fourth-order valence-corrected chi connectivity index (χ4v) is 2.19. The highest BCUT2D eigenvalue weighted by molar-refractivity contribution is 6.30. The van der Waals surface area contributed by atoms with E-state index in [0.717, 1.165) is 29.3 Å². The maximum atomic E-state index is 11.0. The van der Waals surface area contributed by atoms with Gasteiger partial charge in [0.15, 0.2) is 0 Å². The molecule has 1 aliphatic rings. The van der Waals surface area contributed by atoms with Gasteiger partial charge in [0.05, 0.1) is 0 Å². The van der Waals surface area contributed by atoms with Crippen molar-refractivity contribution in [1.29, 1.82) is 0 Å². The van der Waals surface area contributed by atoms with E-state index >= 15 is 0 Å². The monoisotopic (exact) mass is 268 g/mol. The van der Waals surface area contributed by atoms with Crippen LogP contribution in [0.15, 0.2) is 18.2 Å². The largest absolute Gasteiger partial charge is 0.488 e. The number of halogens is 1. The van der Waals surface area contributed by atoms with Gasteiger partial charge >= 0.3 is 0 Å². The fourth-order valence-electron chi connectivity index (χ4n) is 1.99. The van der Waals surface area contributed by atoms with Gasteiger partial charge < -0.3 is 15.4 Å². The number of amides is 1. The van der Waals surface area contributed by atoms with Crippen LogP contribution in [-0.2, 0) is 11.2 Å². The van der Waals surface area contributed by atoms with Crippen molar-refractivity contribution in [2.75, 3.05) is 20.1 Å². The predicted octanol–water partition coefficient (Wildman–Crippen LogP) is 1.37. The van der Waals surface area contributed by atoms with Crippen molar-refractivity contribution in [3.63, 3.8) is 0 Å². The molecular weight excluding hydrogens is 252 g/mol. The maximum Gasteiger partial charge on any atom is 0.221 e. The summed E-state index contributed by atoms with van der Waals surface area (Å²) in [5.41, 5.74) is 1.15. The summed E-state index contributed by atoms with van der Waals surface area (Å²) < 4.78 is 5.77. The van der Waals surface area contributed by atoms with Gasteiger partial charge in [0.1, 0.15) is 11.9 Å². The molecule has 18 heavy (non-hydrogen) atoms. The van der Waals surface area contributed by atoms with Gasteiger partial charge in [-0.3, -0.25) is 4.79 Å². The summed E-state index contributed by atoms with van der Waals surface area (Å²) in [5.74, 6) is 0.961. The predicted molar refractivity (Wildman–Crippen MR) is 71.1 cm³/mol. The van der Waals surface area contributed by atoms with Crippen LogP contribution in [0.25, 0.3) is 0 Å². The highest BCUT2D eigenvalue weighted by Crippen LogP contribution is 2.30. The number of hydrogen-bond acceptors (Lipinski definition) is 3. The van der Waals surface area contributed by atoms with Crippen LogP contribution < -0.4 is 15.4 Å². The zero-order valence-electron chi connectivity index (χ0n) is 10.3. The molecule has 0 saturated heterocycles. The van der Waals surface area contributed by atoms with Gasteiger partial charge in [-0.15, -0.1) is 0 Å². The number of benzene rings is 1. The van der Waals surface area contributed by atoms with Crippen molar-refractivity contribution in [3.05, 3.63) is 28.8 Å². The number of hydrogen-bond donors (Lipinski definition) is 2. The maximum absolute atomic E-state index is 11.0. The second-order valence-electron chi connectivity index (χ2n) is 4.32. The Bertz CT molecular complexity index is 437. The molecule has 0 aromatic heterocycles. The molecule has 1 aromatic carbocycles. The third-order valence-corrected chi connectivity index (χ3v) is 3.18. The molecule has 1 unspecified atom stereocenters. The van der Waals surface area contributed by atoms with E-state index in [9.17, 15) is 4.79 Å². The van der Waals surface area contributed by atoms with E-state index in [1.807, 2.05) is 18.2 Å². The fraction of sp³-hybridized carbons (Fsp3) is 0.462. The first kappa shape index (κ1) is 13.2. The Morgan fingerprint density at radius 3 is 3.17 bits per heavy atom. The molecule has 1 amide bonds. The average molecular weight is 269 g/mol. The standard InChI is InChI=1S/C13H17ClN2O2/c1-15-13(17)4-5-16-8-11-7-9-6-10(14)2-3-12(9)18-11/h2-3,6,11,16H,4-5,7-8H2,1H3,(H,15,17). The van der Waals surface area contributed by atoms with Crippen LogP contribution in [0.2, 0.25) is 5.02 Å². The van der Waals surface area contributed by atoms with Crippen molar-refractivity contribution in [3.8, 4) is 5.75 Å². The van der Waals surface area contributed by atoms with E-state index in [1.165, 1.54) is 0 Å². The van der Waals surface area contributed by atoms with Gasteiger partial charge in [-0.05, 0) is 23.8 Å². The van der Waals surface area contributed by atoms with Gasteiger partial charge in [0.2, 0.25) is 5.91 Å². The molecule has 0 saturated carbocycles. The summed E-state index contributed by atoms with van der Waals surface area (Å²) in [4.78, 5) is 11.0. The van der Waals surface area contributed by atoms with Crippen LogP contribution in [0.4, 0.5) is 0 Å². The zero-order chi connectivity index (χ0) is 13.0. The molecule has 1 atom stereocenters. The lowest BCUT2D eigenvalue weighted by Crippen LogP contribution is -2.32. The highest BCUT2D eigenvalue weighted by atomic mass is 35.5. The molecule has 0 radical (unpaired) electrons. The van der Waals surface area contributed by atoms with E-state index in [1.54, 1.807) is 7.05 Å². The third-order valence-electron chi connectivity index (χ3n) is 2.94. The SMILES string of the molecule is CNC(=O)CCNCC1Cc2cc(Cl)ccc2O1. The number of ether oxygens (including phenoxy) is 1. The molecule has 0 bridgehead atoms. The summed E-state index contributed by atoms with van der Waals surface area (Å²) in [6, 6.07) is 5.69. The van der Waals surface area contributed by atoms with Crippen molar-refractivity contribution >= 4 is 17.5 Å². The lowest BCUT2D eigenvalue weighted by atomic mass is 10.1. The lowest BCUT2D eigenvalue weighted by molar-refractivity contribution is -0.120. The Kier molecular flexibility index (Phi) is 4.44. The first-order valence-electron chi connectivity index (χ1n) is 6.05. The van der Waals surface area contributed by atoms with Crippen molar-refractivity contribution in [1.82, 2.24) is 10.6 Å². The van der Waals surface area contributed by atoms with E-state index < -0.39 is 0 Å². The normalized spacial score (nSPS) is 17.1. The zero-order valence-corrected chi connectivity index (χ0v) is 11.1. The van der Waals surface area contributed by atoms with Gasteiger partial charge in [0, 0.05) is 38.0 Å². The Morgan fingerprint density at radius 2 is 2.39 bits per heavy atom. The summed E-state index contributed by atoms with van der Waals surface area (Å²) >= 11 is 5.93. The highest BCUT2D eigenvalue weighted by Gasteiger charge is 2.22. The van der Waals surface area contributed by atoms with Crippen molar-refractivity contribution in [2.24, 2.45) is 0 Å². The third kappa shape index (κ3) is 3.37. The van der Waals surface area contributed by atoms with Crippen LogP contribution in [0, 0.1) is 0 Å². The molecule has 0 spiro atoms. The molecule has 2 N–H and O–H groups in total. The molecule has 0 fully saturated rings. The second-order valence-corrected chi connectivity index (χ2v) is 4.76. The molecule has 1 heterocycles. The second kappa shape index (κ2) is 6.07. The molecule has 4 nitrogen and oxygen atoms in total. The topological polar surface area (TPSA) is 50.4 Å². The molecular formula is C13H17ClN2O2. The Hall–Kier alpha value is -1.26. The minimum atomic E-state index is 0.0462. The summed E-state index contributed by atoms with van der Waals surface area (Å²) in [6.45, 7) is 1.40. The van der Waals surface area contributed by atoms with Gasteiger partial charge in [-0.1, -0.05) is 11.6 Å². The quantitative estimate of drug-likeness (QED) is 0.793. The van der Waals surface area contributed by atoms with Gasteiger partial charge in [0.25, 0.3) is 0 Å². The molecule has 98 valence electrons.